The van der Waals surface area contributed by atoms with Gasteiger partial charge < -0.3 is 15.5 Å². The van der Waals surface area contributed by atoms with Gasteiger partial charge in [0, 0.05) is 20.1 Å². The minimum Gasteiger partial charge on any atom is -0.372 e. The second kappa shape index (κ2) is 7.05. The van der Waals surface area contributed by atoms with E-state index in [1.807, 2.05) is 7.05 Å². The predicted octanol–water partition coefficient (Wildman–Crippen LogP) is 2.42. The Labute approximate surface area is 123 Å². The van der Waals surface area contributed by atoms with Crippen LogP contribution in [0.3, 0.4) is 0 Å². The molecule has 0 spiro atoms. The van der Waals surface area contributed by atoms with E-state index in [4.69, 9.17) is 0 Å². The van der Waals surface area contributed by atoms with Crippen LogP contribution in [0.5, 0.6) is 0 Å². The largest absolute Gasteiger partial charge is 0.372 e. The summed E-state index contributed by atoms with van der Waals surface area (Å²) < 4.78 is 0.894. The summed E-state index contributed by atoms with van der Waals surface area (Å²) in [6, 6.07) is 0. The SMILES string of the molecule is CNc1ncnc(NCC(C)CN2CCCC2)c1Br. The number of aromatic nitrogens is 2. The molecule has 1 aromatic rings. The zero-order valence-electron chi connectivity index (χ0n) is 11.6. The van der Waals surface area contributed by atoms with E-state index in [2.05, 4.69) is 48.4 Å². The van der Waals surface area contributed by atoms with E-state index in [0.29, 0.717) is 5.92 Å². The monoisotopic (exact) mass is 327 g/mol. The van der Waals surface area contributed by atoms with Crippen LogP contribution in [-0.4, -0.2) is 48.1 Å². The fourth-order valence-corrected chi connectivity index (χ4v) is 2.95. The quantitative estimate of drug-likeness (QED) is 0.840. The highest BCUT2D eigenvalue weighted by Crippen LogP contribution is 2.26. The summed E-state index contributed by atoms with van der Waals surface area (Å²) in [7, 11) is 1.85. The van der Waals surface area contributed by atoms with Crippen LogP contribution in [0.1, 0.15) is 19.8 Å². The first-order chi connectivity index (χ1) is 9.20. The molecule has 1 aliphatic rings. The Morgan fingerprint density at radius 2 is 2.00 bits per heavy atom. The van der Waals surface area contributed by atoms with E-state index in [1.165, 1.54) is 25.9 Å². The topological polar surface area (TPSA) is 53.1 Å². The molecule has 1 aliphatic heterocycles. The zero-order valence-corrected chi connectivity index (χ0v) is 13.2. The summed E-state index contributed by atoms with van der Waals surface area (Å²) in [6.45, 7) is 6.88. The Balaban J connectivity index is 1.84. The Morgan fingerprint density at radius 1 is 1.32 bits per heavy atom. The molecule has 6 heteroatoms. The van der Waals surface area contributed by atoms with Crippen LogP contribution in [0.4, 0.5) is 11.6 Å². The number of nitrogens with zero attached hydrogens (tertiary/aromatic N) is 3. The molecule has 19 heavy (non-hydrogen) atoms. The number of halogens is 1. The zero-order chi connectivity index (χ0) is 13.7. The maximum Gasteiger partial charge on any atom is 0.145 e. The lowest BCUT2D eigenvalue weighted by atomic mass is 10.1. The summed E-state index contributed by atoms with van der Waals surface area (Å²) in [5, 5.41) is 6.43. The van der Waals surface area contributed by atoms with Crippen LogP contribution in [0.25, 0.3) is 0 Å². The first kappa shape index (κ1) is 14.5. The average Bonchev–Trinajstić information content (AvgIpc) is 2.90. The van der Waals surface area contributed by atoms with Crippen molar-refractivity contribution in [2.75, 3.05) is 43.9 Å². The van der Waals surface area contributed by atoms with Gasteiger partial charge >= 0.3 is 0 Å². The molecular formula is C13H22BrN5. The van der Waals surface area contributed by atoms with Crippen LogP contribution < -0.4 is 10.6 Å². The molecule has 2 rings (SSSR count). The molecule has 0 saturated carbocycles. The lowest BCUT2D eigenvalue weighted by Crippen LogP contribution is -2.29. The second-order valence-electron chi connectivity index (χ2n) is 5.13. The van der Waals surface area contributed by atoms with Crippen molar-refractivity contribution in [3.8, 4) is 0 Å². The third-order valence-electron chi connectivity index (χ3n) is 3.41. The maximum atomic E-state index is 4.27. The minimum atomic E-state index is 0.609. The smallest absolute Gasteiger partial charge is 0.145 e. The molecule has 0 amide bonds. The Bertz CT molecular complexity index is 406. The van der Waals surface area contributed by atoms with E-state index in [1.54, 1.807) is 6.33 Å². The number of rotatable bonds is 6. The van der Waals surface area contributed by atoms with Gasteiger partial charge in [0.25, 0.3) is 0 Å². The molecule has 0 aliphatic carbocycles. The summed E-state index contributed by atoms with van der Waals surface area (Å²) in [4.78, 5) is 11.0. The summed E-state index contributed by atoms with van der Waals surface area (Å²) in [5.41, 5.74) is 0. The van der Waals surface area contributed by atoms with Crippen LogP contribution >= 0.6 is 15.9 Å². The summed E-state index contributed by atoms with van der Waals surface area (Å²) in [6.07, 6.45) is 4.27. The first-order valence-electron chi connectivity index (χ1n) is 6.85. The predicted molar refractivity (Wildman–Crippen MR) is 82.6 cm³/mol. The van der Waals surface area contributed by atoms with Gasteiger partial charge in [0.2, 0.25) is 0 Å². The number of hydrogen-bond donors (Lipinski definition) is 2. The van der Waals surface area contributed by atoms with Gasteiger partial charge in [-0.05, 0) is 47.8 Å². The number of likely N-dealkylation sites (tertiary alicyclic amines) is 1. The Kier molecular flexibility index (Phi) is 5.39. The van der Waals surface area contributed by atoms with Gasteiger partial charge in [0.15, 0.2) is 0 Å². The van der Waals surface area contributed by atoms with Crippen LogP contribution in [0.2, 0.25) is 0 Å². The lowest BCUT2D eigenvalue weighted by molar-refractivity contribution is 0.294. The molecule has 106 valence electrons. The van der Waals surface area contributed by atoms with Crippen molar-refractivity contribution in [3.05, 3.63) is 10.8 Å². The molecule has 0 bridgehead atoms. The fourth-order valence-electron chi connectivity index (χ4n) is 2.41. The molecule has 2 heterocycles. The van der Waals surface area contributed by atoms with Crippen molar-refractivity contribution in [2.24, 2.45) is 5.92 Å². The lowest BCUT2D eigenvalue weighted by Gasteiger charge is -2.21. The summed E-state index contributed by atoms with van der Waals surface area (Å²) in [5.74, 6) is 2.27. The highest BCUT2D eigenvalue weighted by atomic mass is 79.9. The molecule has 1 fully saturated rings. The van der Waals surface area contributed by atoms with Crippen LogP contribution in [0.15, 0.2) is 10.8 Å². The van der Waals surface area contributed by atoms with E-state index in [9.17, 15) is 0 Å². The molecule has 2 N–H and O–H groups in total. The highest BCUT2D eigenvalue weighted by molar-refractivity contribution is 9.10. The minimum absolute atomic E-state index is 0.609. The van der Waals surface area contributed by atoms with Crippen molar-refractivity contribution >= 4 is 27.6 Å². The van der Waals surface area contributed by atoms with Crippen molar-refractivity contribution in [1.82, 2.24) is 14.9 Å². The van der Waals surface area contributed by atoms with E-state index in [-0.39, 0.29) is 0 Å². The average molecular weight is 328 g/mol. The molecule has 1 atom stereocenters. The Hall–Kier alpha value is -0.880. The van der Waals surface area contributed by atoms with Gasteiger partial charge in [-0.3, -0.25) is 0 Å². The van der Waals surface area contributed by atoms with E-state index < -0.39 is 0 Å². The van der Waals surface area contributed by atoms with Crippen molar-refractivity contribution in [1.29, 1.82) is 0 Å². The van der Waals surface area contributed by atoms with E-state index in [0.717, 1.165) is 29.2 Å². The van der Waals surface area contributed by atoms with E-state index >= 15 is 0 Å². The Morgan fingerprint density at radius 3 is 2.68 bits per heavy atom. The van der Waals surface area contributed by atoms with Gasteiger partial charge in [-0.2, -0.15) is 0 Å². The highest BCUT2D eigenvalue weighted by Gasteiger charge is 2.15. The van der Waals surface area contributed by atoms with Crippen molar-refractivity contribution in [2.45, 2.75) is 19.8 Å². The number of nitrogens with one attached hydrogen (secondary N) is 2. The van der Waals surface area contributed by atoms with Crippen molar-refractivity contribution < 1.29 is 0 Å². The van der Waals surface area contributed by atoms with Gasteiger partial charge in [-0.15, -0.1) is 0 Å². The first-order valence-corrected chi connectivity index (χ1v) is 7.64. The van der Waals surface area contributed by atoms with Crippen molar-refractivity contribution in [3.63, 3.8) is 0 Å². The van der Waals surface area contributed by atoms with Crippen LogP contribution in [-0.2, 0) is 0 Å². The van der Waals surface area contributed by atoms with Gasteiger partial charge in [0.05, 0.1) is 0 Å². The molecule has 5 nitrogen and oxygen atoms in total. The number of anilines is 2. The molecule has 1 saturated heterocycles. The molecule has 0 aromatic carbocycles. The third kappa shape index (κ3) is 4.04. The second-order valence-corrected chi connectivity index (χ2v) is 5.92. The normalized spacial score (nSPS) is 17.4. The molecule has 1 unspecified atom stereocenters. The third-order valence-corrected chi connectivity index (χ3v) is 4.16. The van der Waals surface area contributed by atoms with Crippen LogP contribution in [0, 0.1) is 5.92 Å². The molecular weight excluding hydrogens is 306 g/mol. The molecule has 0 radical (unpaired) electrons. The standard InChI is InChI=1S/C13H22BrN5/c1-10(8-19-5-3-4-6-19)7-16-13-11(14)12(15-2)17-9-18-13/h9-10H,3-8H2,1-2H3,(H2,15,16,17,18). The summed E-state index contributed by atoms with van der Waals surface area (Å²) >= 11 is 3.52. The maximum absolute atomic E-state index is 4.27. The van der Waals surface area contributed by atoms with Gasteiger partial charge in [0.1, 0.15) is 22.4 Å². The van der Waals surface area contributed by atoms with Gasteiger partial charge in [-0.1, -0.05) is 6.92 Å². The molecule has 1 aromatic heterocycles. The van der Waals surface area contributed by atoms with Gasteiger partial charge in [-0.25, -0.2) is 9.97 Å². The number of hydrogen-bond acceptors (Lipinski definition) is 5. The fraction of sp³-hybridized carbons (Fsp3) is 0.692.